The molecule has 2 aromatic heterocycles. The minimum absolute atomic E-state index is 0.00927. The van der Waals surface area contributed by atoms with Crippen molar-refractivity contribution in [3.8, 4) is 11.1 Å². The van der Waals surface area contributed by atoms with Crippen LogP contribution in [0, 0.1) is 17.0 Å². The van der Waals surface area contributed by atoms with Gasteiger partial charge in [-0.2, -0.15) is 5.10 Å². The van der Waals surface area contributed by atoms with E-state index < -0.39 is 35.1 Å². The minimum Gasteiger partial charge on any atom is -0.389 e. The number of hydrogen-bond donors (Lipinski definition) is 3. The Bertz CT molecular complexity index is 2670. The van der Waals surface area contributed by atoms with Crippen LogP contribution in [-0.4, -0.2) is 117 Å². The Hall–Kier alpha value is -6.47. The maximum atomic E-state index is 15.6. The molecule has 6 amide bonds. The van der Waals surface area contributed by atoms with Gasteiger partial charge in [0.1, 0.15) is 18.2 Å². The third kappa shape index (κ3) is 7.07. The smallest absolute Gasteiger partial charge is 0.329 e. The number of thiazole rings is 1. The van der Waals surface area contributed by atoms with E-state index in [0.717, 1.165) is 24.3 Å². The number of carbonyl (C=O) groups is 5. The normalized spacial score (nSPS) is 19.2. The van der Waals surface area contributed by atoms with Gasteiger partial charge in [0.2, 0.25) is 17.7 Å². The predicted molar refractivity (Wildman–Crippen MR) is 226 cm³/mol. The largest absolute Gasteiger partial charge is 0.389 e. The van der Waals surface area contributed by atoms with E-state index in [1.54, 1.807) is 40.3 Å². The number of aryl methyl sites for hydroxylation is 1. The fourth-order valence-corrected chi connectivity index (χ4v) is 10.0. The molecule has 4 saturated heterocycles. The van der Waals surface area contributed by atoms with E-state index in [9.17, 15) is 29.1 Å². The summed E-state index contributed by atoms with van der Waals surface area (Å²) in [6, 6.07) is 13.3. The van der Waals surface area contributed by atoms with E-state index in [4.69, 9.17) is 0 Å². The van der Waals surface area contributed by atoms with E-state index in [1.165, 1.54) is 33.3 Å². The molecule has 5 aliphatic heterocycles. The summed E-state index contributed by atoms with van der Waals surface area (Å²) in [4.78, 5) is 75.8. The summed E-state index contributed by atoms with van der Waals surface area (Å²) < 4.78 is 32.5. The van der Waals surface area contributed by atoms with Gasteiger partial charge >= 0.3 is 6.03 Å². The van der Waals surface area contributed by atoms with E-state index in [1.807, 2.05) is 29.2 Å². The maximum absolute atomic E-state index is 15.6. The van der Waals surface area contributed by atoms with E-state index >= 15 is 8.78 Å². The lowest BCUT2D eigenvalue weighted by Crippen LogP contribution is -2.73. The molecule has 320 valence electrons. The fraction of sp³-hybridized carbons (Fsp3) is 0.372. The number of amides is 6. The van der Waals surface area contributed by atoms with Crippen molar-refractivity contribution < 1.29 is 37.9 Å². The van der Waals surface area contributed by atoms with Crippen molar-refractivity contribution in [2.75, 3.05) is 72.4 Å². The number of aromatic nitrogens is 3. The van der Waals surface area contributed by atoms with Gasteiger partial charge in [0.05, 0.1) is 29.8 Å². The molecule has 0 radical (unpaired) electrons. The number of benzene rings is 3. The van der Waals surface area contributed by atoms with Gasteiger partial charge in [-0.25, -0.2) is 18.6 Å². The Morgan fingerprint density at radius 1 is 0.935 bits per heavy atom. The van der Waals surface area contributed by atoms with Gasteiger partial charge in [-0.15, -0.1) is 11.3 Å². The van der Waals surface area contributed by atoms with Crippen molar-refractivity contribution in [2.24, 2.45) is 12.5 Å². The second kappa shape index (κ2) is 14.9. The van der Waals surface area contributed by atoms with Crippen molar-refractivity contribution in [3.63, 3.8) is 0 Å². The van der Waals surface area contributed by atoms with Gasteiger partial charge in [-0.05, 0) is 60.4 Å². The number of hydrogen-bond acceptors (Lipinski definition) is 11. The summed E-state index contributed by atoms with van der Waals surface area (Å²) in [7, 11) is 1.71. The fourth-order valence-electron chi connectivity index (χ4n) is 9.47. The first-order valence-electron chi connectivity index (χ1n) is 20.4. The Labute approximate surface area is 357 Å². The van der Waals surface area contributed by atoms with Gasteiger partial charge in [0, 0.05) is 98.5 Å². The molecule has 4 fully saturated rings. The van der Waals surface area contributed by atoms with Crippen LogP contribution in [0.15, 0.2) is 60.1 Å². The van der Waals surface area contributed by atoms with Crippen LogP contribution in [0.4, 0.5) is 35.9 Å². The molecule has 0 bridgehead atoms. The van der Waals surface area contributed by atoms with Crippen molar-refractivity contribution in [1.82, 2.24) is 29.9 Å². The van der Waals surface area contributed by atoms with E-state index in [2.05, 4.69) is 25.6 Å². The summed E-state index contributed by atoms with van der Waals surface area (Å²) in [5.74, 6) is -2.00. The SMILES string of the molecule is Cn1nc(N2CCC(=O)NC2=O)c2cc(F)c(N3CCC(O)(CC(=O)N4CC5(C4)CN(c4ccc(-c6cc(F)c7c(c6)C(=O)N(CC(=O)Nc6nccs6)C7)cc4)C5)CC3)cc21. The molecule has 5 aromatic rings. The zero-order valence-corrected chi connectivity index (χ0v) is 34.5. The van der Waals surface area contributed by atoms with Crippen LogP contribution in [0.25, 0.3) is 22.0 Å². The van der Waals surface area contributed by atoms with Crippen molar-refractivity contribution in [1.29, 1.82) is 0 Å². The number of urea groups is 1. The highest BCUT2D eigenvalue weighted by Gasteiger charge is 2.54. The number of imide groups is 1. The van der Waals surface area contributed by atoms with Gasteiger partial charge < -0.3 is 30.0 Å². The van der Waals surface area contributed by atoms with Crippen LogP contribution in [-0.2, 0) is 28.0 Å². The number of nitrogens with zero attached hydrogens (tertiary/aromatic N) is 8. The number of halogens is 2. The van der Waals surface area contributed by atoms with Crippen molar-refractivity contribution in [3.05, 3.63) is 82.9 Å². The third-order valence-electron chi connectivity index (χ3n) is 12.8. The molecule has 0 atom stereocenters. The number of aliphatic hydroxyl groups is 1. The molecule has 19 heteroatoms. The number of carbonyl (C=O) groups excluding carboxylic acids is 5. The second-order valence-electron chi connectivity index (χ2n) is 17.1. The molecule has 62 heavy (non-hydrogen) atoms. The molecular formula is C43H42F2N10O6S. The van der Waals surface area contributed by atoms with Crippen LogP contribution < -0.4 is 25.3 Å². The molecule has 3 N–H and O–H groups in total. The zero-order chi connectivity index (χ0) is 43.1. The Balaban J connectivity index is 0.705. The van der Waals surface area contributed by atoms with Crippen molar-refractivity contribution in [2.45, 2.75) is 37.8 Å². The number of fused-ring (bicyclic) bond motifs is 2. The molecule has 7 heterocycles. The molecule has 0 unspecified atom stereocenters. The van der Waals surface area contributed by atoms with Crippen LogP contribution in [0.3, 0.4) is 0 Å². The predicted octanol–water partition coefficient (Wildman–Crippen LogP) is 4.09. The average Bonchev–Trinajstić information content (AvgIpc) is 3.92. The molecule has 16 nitrogen and oxygen atoms in total. The molecule has 1 spiro atoms. The molecule has 10 rings (SSSR count). The average molecular weight is 865 g/mol. The number of nitrogens with one attached hydrogen (secondary N) is 2. The highest BCUT2D eigenvalue weighted by molar-refractivity contribution is 7.13. The molecule has 5 aliphatic rings. The first kappa shape index (κ1) is 39.7. The van der Waals surface area contributed by atoms with Crippen LogP contribution in [0.2, 0.25) is 0 Å². The lowest BCUT2D eigenvalue weighted by Gasteiger charge is -2.61. The number of piperidine rings is 1. The van der Waals surface area contributed by atoms with Gasteiger partial charge in [0.15, 0.2) is 10.9 Å². The first-order chi connectivity index (χ1) is 29.7. The zero-order valence-electron chi connectivity index (χ0n) is 33.7. The molecular weight excluding hydrogens is 823 g/mol. The monoisotopic (exact) mass is 864 g/mol. The molecule has 0 saturated carbocycles. The van der Waals surface area contributed by atoms with Gasteiger partial charge in [-0.3, -0.25) is 34.1 Å². The minimum atomic E-state index is -1.21. The van der Waals surface area contributed by atoms with Gasteiger partial charge in [0.25, 0.3) is 5.91 Å². The summed E-state index contributed by atoms with van der Waals surface area (Å²) >= 11 is 1.27. The summed E-state index contributed by atoms with van der Waals surface area (Å²) in [5.41, 5.74) is 2.55. The summed E-state index contributed by atoms with van der Waals surface area (Å²) in [6.45, 7) is 3.36. The van der Waals surface area contributed by atoms with Crippen LogP contribution in [0.5, 0.6) is 0 Å². The van der Waals surface area contributed by atoms with E-state index in [0.29, 0.717) is 53.5 Å². The first-order valence-corrected chi connectivity index (χ1v) is 21.3. The van der Waals surface area contributed by atoms with Crippen LogP contribution in [0.1, 0.15) is 41.6 Å². The Kier molecular flexibility index (Phi) is 9.51. The lowest BCUT2D eigenvalue weighted by atomic mass is 9.72. The standard InChI is InChI=1S/C43H42F2N10O6S/c1-50-33-17-34(32(45)16-29(33)38(49-50)55-10-6-35(56)48-41(55)60)51-11-7-43(61,8-12-51)18-37(58)54-23-42(24-54)21-53(22-42)27-4-2-25(3-5-27)26-14-28-30(31(44)15-26)19-52(39(28)59)20-36(57)47-40-46-9-13-62-40/h2-5,9,13-17,61H,6-8,10-12,18-24H2,1H3,(H,46,47,57)(H,48,56,60). The molecule has 3 aromatic carbocycles. The number of likely N-dealkylation sites (tertiary alicyclic amines) is 1. The number of rotatable bonds is 9. The summed E-state index contributed by atoms with van der Waals surface area (Å²) in [6.07, 6.45) is 2.26. The van der Waals surface area contributed by atoms with Gasteiger partial charge in [-0.1, -0.05) is 12.1 Å². The quantitative estimate of drug-likeness (QED) is 0.196. The number of anilines is 4. The maximum Gasteiger partial charge on any atom is 0.329 e. The Morgan fingerprint density at radius 3 is 2.40 bits per heavy atom. The lowest BCUT2D eigenvalue weighted by molar-refractivity contribution is -0.151. The van der Waals surface area contributed by atoms with Crippen molar-refractivity contribution >= 4 is 74.2 Å². The van der Waals surface area contributed by atoms with Crippen LogP contribution >= 0.6 is 11.3 Å². The Morgan fingerprint density at radius 2 is 1.69 bits per heavy atom. The second-order valence-corrected chi connectivity index (χ2v) is 18.0. The van der Waals surface area contributed by atoms with E-state index in [-0.39, 0.29) is 79.5 Å². The summed E-state index contributed by atoms with van der Waals surface area (Å²) in [5, 5.41) is 23.5. The highest BCUT2D eigenvalue weighted by atomic mass is 32.1. The highest BCUT2D eigenvalue weighted by Crippen LogP contribution is 2.44. The molecule has 0 aliphatic carbocycles. The third-order valence-corrected chi connectivity index (χ3v) is 13.5. The topological polar surface area (TPSA) is 177 Å².